The van der Waals surface area contributed by atoms with Crippen molar-refractivity contribution in [3.05, 3.63) is 48.3 Å². The summed E-state index contributed by atoms with van der Waals surface area (Å²) in [5.74, 6) is 2.35. The molecule has 0 unspecified atom stereocenters. The van der Waals surface area contributed by atoms with E-state index in [1.54, 1.807) is 12.4 Å². The van der Waals surface area contributed by atoms with Gasteiger partial charge >= 0.3 is 0 Å². The number of aromatic nitrogens is 4. The second-order valence-corrected chi connectivity index (χ2v) is 6.80. The second-order valence-electron chi connectivity index (χ2n) is 5.85. The van der Waals surface area contributed by atoms with E-state index < -0.39 is 0 Å². The predicted molar refractivity (Wildman–Crippen MR) is 99.4 cm³/mol. The molecule has 1 aliphatic rings. The van der Waals surface area contributed by atoms with Crippen LogP contribution < -0.4 is 14.8 Å². The van der Waals surface area contributed by atoms with Gasteiger partial charge in [0.15, 0.2) is 22.5 Å². The third-order valence-corrected chi connectivity index (χ3v) is 5.05. The third-order valence-electron chi connectivity index (χ3n) is 4.03. The average molecular weight is 383 g/mol. The number of pyridine rings is 1. The zero-order valence-electron chi connectivity index (χ0n) is 14.6. The van der Waals surface area contributed by atoms with Gasteiger partial charge in [-0.2, -0.15) is 0 Å². The van der Waals surface area contributed by atoms with Gasteiger partial charge in [0.1, 0.15) is 0 Å². The number of benzene rings is 1. The summed E-state index contributed by atoms with van der Waals surface area (Å²) < 4.78 is 12.5. The number of fused-ring (bicyclic) bond motifs is 1. The van der Waals surface area contributed by atoms with Crippen LogP contribution in [0.15, 0.2) is 47.9 Å². The lowest BCUT2D eigenvalue weighted by Gasteiger charge is -2.06. The maximum atomic E-state index is 12.2. The van der Waals surface area contributed by atoms with Gasteiger partial charge in [-0.1, -0.05) is 17.8 Å². The van der Waals surface area contributed by atoms with E-state index in [4.69, 9.17) is 9.47 Å². The molecule has 0 aliphatic carbocycles. The third kappa shape index (κ3) is 3.87. The van der Waals surface area contributed by atoms with Crippen LogP contribution in [0.5, 0.6) is 11.5 Å². The van der Waals surface area contributed by atoms with Gasteiger partial charge in [0.25, 0.3) is 0 Å². The molecule has 0 fully saturated rings. The van der Waals surface area contributed by atoms with Crippen LogP contribution in [0.25, 0.3) is 11.4 Å². The lowest BCUT2D eigenvalue weighted by molar-refractivity contribution is -0.118. The van der Waals surface area contributed by atoms with Crippen molar-refractivity contribution >= 4 is 17.7 Å². The zero-order chi connectivity index (χ0) is 18.6. The van der Waals surface area contributed by atoms with E-state index >= 15 is 0 Å². The predicted octanol–water partition coefficient (Wildman–Crippen LogP) is 2.01. The molecule has 0 spiro atoms. The summed E-state index contributed by atoms with van der Waals surface area (Å²) in [6.45, 7) is 0.665. The molecule has 138 valence electrons. The first-order valence-corrected chi connectivity index (χ1v) is 9.27. The Morgan fingerprint density at radius 2 is 2.00 bits per heavy atom. The van der Waals surface area contributed by atoms with Gasteiger partial charge in [-0.05, 0) is 29.8 Å². The smallest absolute Gasteiger partial charge is 0.231 e. The second kappa shape index (κ2) is 7.67. The number of nitrogens with one attached hydrogen (secondary N) is 1. The molecule has 0 saturated carbocycles. The Morgan fingerprint density at radius 1 is 1.19 bits per heavy atom. The molecule has 0 atom stereocenters. The average Bonchev–Trinajstić information content (AvgIpc) is 3.31. The zero-order valence-corrected chi connectivity index (χ0v) is 15.4. The summed E-state index contributed by atoms with van der Waals surface area (Å²) in [4.78, 5) is 16.2. The quantitative estimate of drug-likeness (QED) is 0.651. The molecule has 1 aliphatic heterocycles. The maximum absolute atomic E-state index is 12.2. The normalized spacial score (nSPS) is 12.2. The molecule has 2 aromatic heterocycles. The summed E-state index contributed by atoms with van der Waals surface area (Å²) in [6.07, 6.45) is 3.42. The van der Waals surface area contributed by atoms with Crippen molar-refractivity contribution in [1.29, 1.82) is 0 Å². The Morgan fingerprint density at radius 3 is 2.85 bits per heavy atom. The fourth-order valence-electron chi connectivity index (χ4n) is 2.63. The van der Waals surface area contributed by atoms with Gasteiger partial charge in [0, 0.05) is 31.5 Å². The minimum atomic E-state index is -0.0777. The van der Waals surface area contributed by atoms with E-state index in [2.05, 4.69) is 20.5 Å². The van der Waals surface area contributed by atoms with Crippen molar-refractivity contribution in [1.82, 2.24) is 25.1 Å². The van der Waals surface area contributed by atoms with E-state index in [1.165, 1.54) is 11.8 Å². The minimum Gasteiger partial charge on any atom is -0.454 e. The number of hydrogen-bond acceptors (Lipinski definition) is 7. The number of hydrogen-bond donors (Lipinski definition) is 1. The monoisotopic (exact) mass is 383 g/mol. The van der Waals surface area contributed by atoms with Crippen molar-refractivity contribution in [3.63, 3.8) is 0 Å². The highest BCUT2D eigenvalue weighted by Crippen LogP contribution is 2.32. The lowest BCUT2D eigenvalue weighted by atomic mass is 10.2. The van der Waals surface area contributed by atoms with Crippen LogP contribution in [0.1, 0.15) is 5.56 Å². The minimum absolute atomic E-state index is 0.0777. The van der Waals surface area contributed by atoms with Crippen molar-refractivity contribution in [2.45, 2.75) is 11.7 Å². The Labute approximate surface area is 159 Å². The summed E-state index contributed by atoms with van der Waals surface area (Å²) in [5.41, 5.74) is 1.88. The number of thioether (sulfide) groups is 1. The molecule has 9 heteroatoms. The van der Waals surface area contributed by atoms with Crippen LogP contribution >= 0.6 is 11.8 Å². The number of rotatable bonds is 6. The molecule has 1 N–H and O–H groups in total. The molecule has 0 bridgehead atoms. The number of nitrogens with zero attached hydrogens (tertiary/aromatic N) is 4. The first-order chi connectivity index (χ1) is 13.2. The molecule has 0 radical (unpaired) electrons. The van der Waals surface area contributed by atoms with Crippen LogP contribution in [0, 0.1) is 0 Å². The summed E-state index contributed by atoms with van der Waals surface area (Å²) in [5, 5.41) is 11.9. The molecule has 3 aromatic rings. The highest BCUT2D eigenvalue weighted by molar-refractivity contribution is 7.99. The van der Waals surface area contributed by atoms with Crippen molar-refractivity contribution in [3.8, 4) is 22.9 Å². The number of amides is 1. The van der Waals surface area contributed by atoms with Crippen LogP contribution in [0.4, 0.5) is 0 Å². The number of carbonyl (C=O) groups excluding carboxylic acids is 1. The Kier molecular flexibility index (Phi) is 4.93. The number of ether oxygens (including phenoxy) is 2. The topological polar surface area (TPSA) is 91.2 Å². The van der Waals surface area contributed by atoms with Gasteiger partial charge in [-0.3, -0.25) is 9.78 Å². The molecular formula is C18H17N5O3S. The van der Waals surface area contributed by atoms with Gasteiger partial charge in [0.05, 0.1) is 5.75 Å². The summed E-state index contributed by atoms with van der Waals surface area (Å²) >= 11 is 1.34. The lowest BCUT2D eigenvalue weighted by Crippen LogP contribution is -2.24. The molecule has 1 aromatic carbocycles. The van der Waals surface area contributed by atoms with E-state index in [9.17, 15) is 4.79 Å². The maximum Gasteiger partial charge on any atom is 0.231 e. The molecular weight excluding hydrogens is 366 g/mol. The fraction of sp³-hybridized carbons (Fsp3) is 0.222. The van der Waals surface area contributed by atoms with E-state index in [1.807, 2.05) is 41.9 Å². The van der Waals surface area contributed by atoms with Gasteiger partial charge in [-0.25, -0.2) is 0 Å². The van der Waals surface area contributed by atoms with Crippen molar-refractivity contribution in [2.24, 2.45) is 7.05 Å². The molecule has 1 amide bonds. The standard InChI is InChI=1S/C18H17N5O3S/c1-23-17(13-4-6-19-7-5-13)21-22-18(23)27-10-16(24)20-9-12-2-3-14-15(8-12)26-11-25-14/h2-8H,9-11H2,1H3,(H,20,24). The summed E-state index contributed by atoms with van der Waals surface area (Å²) in [7, 11) is 1.88. The molecule has 3 heterocycles. The van der Waals surface area contributed by atoms with E-state index in [0.717, 1.165) is 22.7 Å². The SMILES string of the molecule is Cn1c(SCC(=O)NCc2ccc3c(c2)OCO3)nnc1-c1ccncc1. The molecule has 8 nitrogen and oxygen atoms in total. The fourth-order valence-corrected chi connectivity index (χ4v) is 3.37. The molecule has 27 heavy (non-hydrogen) atoms. The van der Waals surface area contributed by atoms with E-state index in [0.29, 0.717) is 17.5 Å². The van der Waals surface area contributed by atoms with Crippen molar-refractivity contribution in [2.75, 3.05) is 12.5 Å². The first-order valence-electron chi connectivity index (χ1n) is 8.28. The number of carbonyl (C=O) groups is 1. The molecule has 0 saturated heterocycles. The van der Waals surface area contributed by atoms with Crippen LogP contribution in [0.3, 0.4) is 0 Å². The van der Waals surface area contributed by atoms with E-state index in [-0.39, 0.29) is 18.5 Å². The molecule has 4 rings (SSSR count). The highest BCUT2D eigenvalue weighted by atomic mass is 32.2. The Balaban J connectivity index is 1.31. The van der Waals surface area contributed by atoms with Gasteiger partial charge < -0.3 is 19.4 Å². The van der Waals surface area contributed by atoms with Crippen LogP contribution in [0.2, 0.25) is 0 Å². The van der Waals surface area contributed by atoms with Crippen LogP contribution in [-0.2, 0) is 18.4 Å². The first kappa shape index (κ1) is 17.3. The van der Waals surface area contributed by atoms with Crippen LogP contribution in [-0.4, -0.2) is 38.2 Å². The Bertz CT molecular complexity index is 961. The Hall–Kier alpha value is -3.07. The van der Waals surface area contributed by atoms with Crippen molar-refractivity contribution < 1.29 is 14.3 Å². The van der Waals surface area contributed by atoms with Gasteiger partial charge in [0.2, 0.25) is 12.7 Å². The van der Waals surface area contributed by atoms with Gasteiger partial charge in [-0.15, -0.1) is 10.2 Å². The summed E-state index contributed by atoms with van der Waals surface area (Å²) in [6, 6.07) is 9.37. The largest absolute Gasteiger partial charge is 0.454 e. The highest BCUT2D eigenvalue weighted by Gasteiger charge is 2.15.